The standard InChI is InChI=1S/C13H24N4S/c1-4-7-15-12-9-14-10-13(17-12)16-11(3)6-8-18-5-2/h9-11H,4-8H2,1-3H3,(H2,15,16,17). The van der Waals surface area contributed by atoms with Gasteiger partial charge in [-0.15, -0.1) is 0 Å². The normalized spacial score (nSPS) is 12.2. The number of nitrogens with one attached hydrogen (secondary N) is 2. The van der Waals surface area contributed by atoms with E-state index >= 15 is 0 Å². The number of nitrogens with zero attached hydrogens (tertiary/aromatic N) is 2. The molecular weight excluding hydrogens is 244 g/mol. The monoisotopic (exact) mass is 268 g/mol. The molecule has 2 N–H and O–H groups in total. The lowest BCUT2D eigenvalue weighted by Gasteiger charge is -2.14. The Hall–Kier alpha value is -0.970. The fourth-order valence-electron chi connectivity index (χ4n) is 1.50. The van der Waals surface area contributed by atoms with Gasteiger partial charge in [0.15, 0.2) is 0 Å². The van der Waals surface area contributed by atoms with Crippen molar-refractivity contribution in [2.24, 2.45) is 0 Å². The van der Waals surface area contributed by atoms with Gasteiger partial charge in [-0.25, -0.2) is 4.98 Å². The van der Waals surface area contributed by atoms with Crippen molar-refractivity contribution in [1.29, 1.82) is 0 Å². The number of aromatic nitrogens is 2. The van der Waals surface area contributed by atoms with Crippen LogP contribution in [-0.2, 0) is 0 Å². The lowest BCUT2D eigenvalue weighted by atomic mass is 10.2. The SMILES string of the molecule is CCCNc1cncc(NC(C)CCSCC)n1. The zero-order valence-electron chi connectivity index (χ0n) is 11.6. The minimum atomic E-state index is 0.430. The summed E-state index contributed by atoms with van der Waals surface area (Å²) >= 11 is 1.97. The molecule has 102 valence electrons. The molecule has 0 amide bonds. The predicted molar refractivity (Wildman–Crippen MR) is 81.5 cm³/mol. The van der Waals surface area contributed by atoms with Crippen LogP contribution in [-0.4, -0.2) is 34.1 Å². The molecule has 0 saturated carbocycles. The molecule has 1 aromatic heterocycles. The van der Waals surface area contributed by atoms with Crippen molar-refractivity contribution in [3.63, 3.8) is 0 Å². The first kappa shape index (κ1) is 15.1. The van der Waals surface area contributed by atoms with E-state index in [4.69, 9.17) is 0 Å². The van der Waals surface area contributed by atoms with Gasteiger partial charge in [-0.2, -0.15) is 11.8 Å². The molecule has 1 aromatic rings. The van der Waals surface area contributed by atoms with E-state index in [0.717, 1.165) is 31.0 Å². The maximum absolute atomic E-state index is 4.49. The second-order valence-electron chi connectivity index (χ2n) is 4.25. The van der Waals surface area contributed by atoms with E-state index in [1.54, 1.807) is 12.4 Å². The highest BCUT2D eigenvalue weighted by Crippen LogP contribution is 2.11. The van der Waals surface area contributed by atoms with Crippen LogP contribution in [0.5, 0.6) is 0 Å². The predicted octanol–water partition coefficient (Wildman–Crippen LogP) is 3.24. The van der Waals surface area contributed by atoms with Crippen LogP contribution in [0, 0.1) is 0 Å². The number of anilines is 2. The number of rotatable bonds is 9. The van der Waals surface area contributed by atoms with Gasteiger partial charge in [0.25, 0.3) is 0 Å². The number of hydrogen-bond donors (Lipinski definition) is 2. The molecule has 1 rings (SSSR count). The van der Waals surface area contributed by atoms with Crippen LogP contribution in [0.4, 0.5) is 11.6 Å². The zero-order chi connectivity index (χ0) is 13.2. The van der Waals surface area contributed by atoms with Crippen molar-refractivity contribution in [2.75, 3.05) is 28.7 Å². The van der Waals surface area contributed by atoms with Crippen molar-refractivity contribution < 1.29 is 0 Å². The maximum atomic E-state index is 4.49. The fraction of sp³-hybridized carbons (Fsp3) is 0.692. The van der Waals surface area contributed by atoms with E-state index in [2.05, 4.69) is 41.4 Å². The number of thioether (sulfide) groups is 1. The second-order valence-corrected chi connectivity index (χ2v) is 5.64. The Labute approximate surface area is 114 Å². The summed E-state index contributed by atoms with van der Waals surface area (Å²) in [5.74, 6) is 4.07. The summed E-state index contributed by atoms with van der Waals surface area (Å²) in [5.41, 5.74) is 0. The average Bonchev–Trinajstić information content (AvgIpc) is 2.37. The molecule has 18 heavy (non-hydrogen) atoms. The van der Waals surface area contributed by atoms with Crippen LogP contribution in [0.1, 0.15) is 33.6 Å². The first-order valence-electron chi connectivity index (χ1n) is 6.66. The Morgan fingerprint density at radius 2 is 2.06 bits per heavy atom. The highest BCUT2D eigenvalue weighted by molar-refractivity contribution is 7.99. The third kappa shape index (κ3) is 6.10. The van der Waals surface area contributed by atoms with Crippen molar-refractivity contribution >= 4 is 23.4 Å². The van der Waals surface area contributed by atoms with Gasteiger partial charge >= 0.3 is 0 Å². The summed E-state index contributed by atoms with van der Waals surface area (Å²) < 4.78 is 0. The molecule has 0 aliphatic rings. The third-order valence-corrected chi connectivity index (χ3v) is 3.42. The molecule has 0 fully saturated rings. The van der Waals surface area contributed by atoms with E-state index in [1.165, 1.54) is 11.5 Å². The fourth-order valence-corrected chi connectivity index (χ4v) is 2.31. The summed E-state index contributed by atoms with van der Waals surface area (Å²) in [6.45, 7) is 7.44. The van der Waals surface area contributed by atoms with Crippen LogP contribution >= 0.6 is 11.8 Å². The smallest absolute Gasteiger partial charge is 0.147 e. The van der Waals surface area contributed by atoms with Crippen LogP contribution in [0.2, 0.25) is 0 Å². The van der Waals surface area contributed by atoms with Gasteiger partial charge in [-0.3, -0.25) is 4.98 Å². The van der Waals surface area contributed by atoms with Gasteiger partial charge in [0.1, 0.15) is 11.6 Å². The highest BCUT2D eigenvalue weighted by atomic mass is 32.2. The lowest BCUT2D eigenvalue weighted by molar-refractivity contribution is 0.765. The van der Waals surface area contributed by atoms with Crippen LogP contribution in [0.15, 0.2) is 12.4 Å². The third-order valence-electron chi connectivity index (χ3n) is 2.48. The molecule has 5 heteroatoms. The van der Waals surface area contributed by atoms with E-state index in [9.17, 15) is 0 Å². The minimum Gasteiger partial charge on any atom is -0.369 e. The Kier molecular flexibility index (Phi) is 7.57. The van der Waals surface area contributed by atoms with Gasteiger partial charge in [0.05, 0.1) is 12.4 Å². The molecule has 4 nitrogen and oxygen atoms in total. The quantitative estimate of drug-likeness (QED) is 0.673. The van der Waals surface area contributed by atoms with Gasteiger partial charge in [0.2, 0.25) is 0 Å². The van der Waals surface area contributed by atoms with Crippen LogP contribution in [0.3, 0.4) is 0 Å². The summed E-state index contributed by atoms with van der Waals surface area (Å²) in [6, 6.07) is 0.430. The summed E-state index contributed by atoms with van der Waals surface area (Å²) in [5, 5.41) is 6.63. The van der Waals surface area contributed by atoms with Gasteiger partial charge < -0.3 is 10.6 Å². The van der Waals surface area contributed by atoms with Crippen molar-refractivity contribution in [3.05, 3.63) is 12.4 Å². The van der Waals surface area contributed by atoms with Gasteiger partial charge in [-0.1, -0.05) is 13.8 Å². The molecule has 0 aromatic carbocycles. The van der Waals surface area contributed by atoms with Gasteiger partial charge in [0, 0.05) is 12.6 Å². The molecule has 1 atom stereocenters. The molecule has 0 saturated heterocycles. The molecule has 0 bridgehead atoms. The molecule has 0 radical (unpaired) electrons. The molecule has 1 unspecified atom stereocenters. The van der Waals surface area contributed by atoms with Crippen molar-refractivity contribution in [3.8, 4) is 0 Å². The molecule has 0 aliphatic heterocycles. The first-order valence-corrected chi connectivity index (χ1v) is 7.82. The first-order chi connectivity index (χ1) is 8.76. The summed E-state index contributed by atoms with van der Waals surface area (Å²) in [7, 11) is 0. The topological polar surface area (TPSA) is 49.8 Å². The van der Waals surface area contributed by atoms with E-state index in [-0.39, 0.29) is 0 Å². The zero-order valence-corrected chi connectivity index (χ0v) is 12.4. The van der Waals surface area contributed by atoms with Crippen LogP contribution < -0.4 is 10.6 Å². The van der Waals surface area contributed by atoms with Crippen molar-refractivity contribution in [1.82, 2.24) is 9.97 Å². The van der Waals surface area contributed by atoms with Gasteiger partial charge in [-0.05, 0) is 31.3 Å². The molecular formula is C13H24N4S. The highest BCUT2D eigenvalue weighted by Gasteiger charge is 2.04. The number of hydrogen-bond acceptors (Lipinski definition) is 5. The average molecular weight is 268 g/mol. The van der Waals surface area contributed by atoms with E-state index in [0.29, 0.717) is 6.04 Å². The molecule has 0 aliphatic carbocycles. The van der Waals surface area contributed by atoms with E-state index < -0.39 is 0 Å². The summed E-state index contributed by atoms with van der Waals surface area (Å²) in [6.07, 6.45) is 5.77. The lowest BCUT2D eigenvalue weighted by Crippen LogP contribution is -2.17. The minimum absolute atomic E-state index is 0.430. The Morgan fingerprint density at radius 1 is 1.28 bits per heavy atom. The van der Waals surface area contributed by atoms with Crippen LogP contribution in [0.25, 0.3) is 0 Å². The molecule has 1 heterocycles. The largest absolute Gasteiger partial charge is 0.369 e. The second kappa shape index (κ2) is 9.03. The van der Waals surface area contributed by atoms with Crippen molar-refractivity contribution in [2.45, 2.75) is 39.7 Å². The maximum Gasteiger partial charge on any atom is 0.147 e. The Bertz CT molecular complexity index is 333. The Morgan fingerprint density at radius 3 is 2.78 bits per heavy atom. The summed E-state index contributed by atoms with van der Waals surface area (Å²) in [4.78, 5) is 8.68. The van der Waals surface area contributed by atoms with E-state index in [1.807, 2.05) is 11.8 Å². The molecule has 0 spiro atoms. The Balaban J connectivity index is 2.40.